The van der Waals surface area contributed by atoms with Crippen molar-refractivity contribution in [2.24, 2.45) is 0 Å². The molecule has 1 aromatic heterocycles. The van der Waals surface area contributed by atoms with Crippen molar-refractivity contribution < 1.29 is 9.53 Å². The molecule has 0 amide bonds. The van der Waals surface area contributed by atoms with Gasteiger partial charge < -0.3 is 4.74 Å². The zero-order valence-corrected chi connectivity index (χ0v) is 10.1. The van der Waals surface area contributed by atoms with E-state index in [0.29, 0.717) is 27.6 Å². The van der Waals surface area contributed by atoms with Crippen LogP contribution in [0.15, 0.2) is 36.5 Å². The van der Waals surface area contributed by atoms with Crippen LogP contribution in [0.25, 0.3) is 0 Å². The van der Waals surface area contributed by atoms with Crippen LogP contribution in [-0.4, -0.2) is 11.3 Å². The molecule has 1 heterocycles. The van der Waals surface area contributed by atoms with Gasteiger partial charge in [0.2, 0.25) is 5.88 Å². The van der Waals surface area contributed by atoms with E-state index >= 15 is 0 Å². The predicted octanol–water partition coefficient (Wildman–Crippen LogP) is 3.99. The predicted molar refractivity (Wildman–Crippen MR) is 66.2 cm³/mol. The van der Waals surface area contributed by atoms with Crippen molar-refractivity contribution in [2.45, 2.75) is 0 Å². The highest BCUT2D eigenvalue weighted by Crippen LogP contribution is 2.31. The van der Waals surface area contributed by atoms with Crippen molar-refractivity contribution >= 4 is 29.5 Å². The summed E-state index contributed by atoms with van der Waals surface area (Å²) in [6.45, 7) is 0. The zero-order chi connectivity index (χ0) is 12.3. The molecule has 0 spiro atoms. The van der Waals surface area contributed by atoms with Crippen molar-refractivity contribution in [3.63, 3.8) is 0 Å². The number of pyridine rings is 1. The van der Waals surface area contributed by atoms with E-state index in [0.717, 1.165) is 0 Å². The summed E-state index contributed by atoms with van der Waals surface area (Å²) < 4.78 is 5.45. The number of rotatable bonds is 3. The van der Waals surface area contributed by atoms with Gasteiger partial charge in [-0.3, -0.25) is 4.79 Å². The average Bonchev–Trinajstić information content (AvgIpc) is 2.34. The first kappa shape index (κ1) is 11.9. The fraction of sp³-hybridized carbons (Fsp3) is 0. The molecule has 2 aromatic rings. The van der Waals surface area contributed by atoms with Crippen LogP contribution in [-0.2, 0) is 0 Å². The summed E-state index contributed by atoms with van der Waals surface area (Å²) in [6.07, 6.45) is 2.20. The number of ether oxygens (including phenoxy) is 1. The molecule has 5 heteroatoms. The lowest BCUT2D eigenvalue weighted by molar-refractivity contribution is 0.112. The quantitative estimate of drug-likeness (QED) is 0.790. The van der Waals surface area contributed by atoms with Gasteiger partial charge in [-0.05, 0) is 24.3 Å². The van der Waals surface area contributed by atoms with E-state index < -0.39 is 0 Å². The minimum absolute atomic E-state index is 0.201. The SMILES string of the molecule is O=Cc1cccnc1Oc1cc(Cl)ccc1Cl. The molecule has 0 atom stereocenters. The van der Waals surface area contributed by atoms with Crippen molar-refractivity contribution in [3.05, 3.63) is 52.1 Å². The van der Waals surface area contributed by atoms with Crippen LogP contribution in [0.3, 0.4) is 0 Å². The first-order valence-electron chi connectivity index (χ1n) is 4.74. The van der Waals surface area contributed by atoms with E-state index in [-0.39, 0.29) is 5.88 Å². The summed E-state index contributed by atoms with van der Waals surface area (Å²) in [4.78, 5) is 14.8. The molecule has 0 N–H and O–H groups in total. The van der Waals surface area contributed by atoms with Crippen molar-refractivity contribution in [2.75, 3.05) is 0 Å². The maximum absolute atomic E-state index is 10.8. The lowest BCUT2D eigenvalue weighted by Crippen LogP contribution is -1.93. The molecule has 0 bridgehead atoms. The molecule has 3 nitrogen and oxygen atoms in total. The highest BCUT2D eigenvalue weighted by molar-refractivity contribution is 6.34. The molecule has 0 radical (unpaired) electrons. The van der Waals surface area contributed by atoms with Gasteiger partial charge in [0.1, 0.15) is 5.75 Å². The number of aldehydes is 1. The van der Waals surface area contributed by atoms with E-state index in [9.17, 15) is 4.79 Å². The third-order valence-corrected chi connectivity index (χ3v) is 2.57. The molecule has 0 aliphatic rings. The van der Waals surface area contributed by atoms with Gasteiger partial charge in [0.25, 0.3) is 0 Å². The molecule has 1 aromatic carbocycles. The summed E-state index contributed by atoms with van der Waals surface area (Å²) in [5.74, 6) is 0.563. The standard InChI is InChI=1S/C12H7Cl2NO2/c13-9-3-4-10(14)11(6-9)17-12-8(7-16)2-1-5-15-12/h1-7H. The van der Waals surface area contributed by atoms with E-state index in [1.807, 2.05) is 0 Å². The summed E-state index contributed by atoms with van der Waals surface area (Å²) >= 11 is 11.8. The molecular formula is C12H7Cl2NO2. The van der Waals surface area contributed by atoms with Crippen molar-refractivity contribution in [1.29, 1.82) is 0 Å². The fourth-order valence-corrected chi connectivity index (χ4v) is 1.56. The van der Waals surface area contributed by atoms with Gasteiger partial charge in [0.15, 0.2) is 6.29 Å². The van der Waals surface area contributed by atoms with Gasteiger partial charge in [0, 0.05) is 17.3 Å². The molecule has 2 rings (SSSR count). The number of benzene rings is 1. The fourth-order valence-electron chi connectivity index (χ4n) is 1.24. The van der Waals surface area contributed by atoms with Crippen LogP contribution < -0.4 is 4.74 Å². The first-order valence-corrected chi connectivity index (χ1v) is 5.49. The van der Waals surface area contributed by atoms with Crippen molar-refractivity contribution in [1.82, 2.24) is 4.98 Å². The smallest absolute Gasteiger partial charge is 0.229 e. The van der Waals surface area contributed by atoms with Crippen LogP contribution in [0.5, 0.6) is 11.6 Å². The second-order valence-electron chi connectivity index (χ2n) is 3.19. The second kappa shape index (κ2) is 5.17. The van der Waals surface area contributed by atoms with Gasteiger partial charge in [-0.25, -0.2) is 4.98 Å². The minimum atomic E-state index is 0.201. The number of carbonyl (C=O) groups is 1. The number of nitrogens with zero attached hydrogens (tertiary/aromatic N) is 1. The lowest BCUT2D eigenvalue weighted by Gasteiger charge is -2.08. The number of aromatic nitrogens is 1. The Morgan fingerprint density at radius 2 is 2.06 bits per heavy atom. The van der Waals surface area contributed by atoms with Crippen LogP contribution in [0.2, 0.25) is 10.0 Å². The second-order valence-corrected chi connectivity index (χ2v) is 4.04. The molecule has 17 heavy (non-hydrogen) atoms. The van der Waals surface area contributed by atoms with Gasteiger partial charge in [-0.15, -0.1) is 0 Å². The van der Waals surface area contributed by atoms with Gasteiger partial charge in [-0.2, -0.15) is 0 Å². The summed E-state index contributed by atoms with van der Waals surface area (Å²) in [5, 5.41) is 0.893. The highest BCUT2D eigenvalue weighted by Gasteiger charge is 2.08. The average molecular weight is 268 g/mol. The Bertz CT molecular complexity index is 558. The van der Waals surface area contributed by atoms with Crippen LogP contribution in [0, 0.1) is 0 Å². The van der Waals surface area contributed by atoms with Gasteiger partial charge >= 0.3 is 0 Å². The normalized spacial score (nSPS) is 10.0. The van der Waals surface area contributed by atoms with Gasteiger partial charge in [0.05, 0.1) is 10.6 Å². The monoisotopic (exact) mass is 267 g/mol. The zero-order valence-electron chi connectivity index (χ0n) is 8.56. The Balaban J connectivity index is 2.37. The number of hydrogen-bond donors (Lipinski definition) is 0. The molecule has 0 fully saturated rings. The van der Waals surface area contributed by atoms with Crippen LogP contribution in [0.1, 0.15) is 10.4 Å². The first-order chi connectivity index (χ1) is 8.20. The van der Waals surface area contributed by atoms with E-state index in [1.54, 1.807) is 30.3 Å². The molecule has 0 unspecified atom stereocenters. The molecule has 86 valence electrons. The Kier molecular flexibility index (Phi) is 3.61. The van der Waals surface area contributed by atoms with Crippen LogP contribution in [0.4, 0.5) is 0 Å². The molecule has 0 aliphatic carbocycles. The topological polar surface area (TPSA) is 39.2 Å². The Hall–Kier alpha value is -1.58. The Morgan fingerprint density at radius 1 is 1.24 bits per heavy atom. The minimum Gasteiger partial charge on any atom is -0.437 e. The number of carbonyl (C=O) groups excluding carboxylic acids is 1. The van der Waals surface area contributed by atoms with Crippen LogP contribution >= 0.6 is 23.2 Å². The molecule has 0 saturated heterocycles. The van der Waals surface area contributed by atoms with E-state index in [4.69, 9.17) is 27.9 Å². The third-order valence-electron chi connectivity index (χ3n) is 2.03. The number of halogens is 2. The van der Waals surface area contributed by atoms with Crippen molar-refractivity contribution in [3.8, 4) is 11.6 Å². The lowest BCUT2D eigenvalue weighted by atomic mass is 10.3. The van der Waals surface area contributed by atoms with E-state index in [1.165, 1.54) is 6.20 Å². The van der Waals surface area contributed by atoms with E-state index in [2.05, 4.69) is 4.98 Å². The maximum atomic E-state index is 10.8. The molecule has 0 saturated carbocycles. The third kappa shape index (κ3) is 2.75. The largest absolute Gasteiger partial charge is 0.437 e. The maximum Gasteiger partial charge on any atom is 0.229 e. The Morgan fingerprint density at radius 3 is 2.82 bits per heavy atom. The summed E-state index contributed by atoms with van der Waals surface area (Å²) in [7, 11) is 0. The summed E-state index contributed by atoms with van der Waals surface area (Å²) in [6, 6.07) is 8.08. The number of hydrogen-bond acceptors (Lipinski definition) is 3. The Labute approximate surface area is 108 Å². The molecule has 0 aliphatic heterocycles. The van der Waals surface area contributed by atoms with Gasteiger partial charge in [-0.1, -0.05) is 23.2 Å². The highest BCUT2D eigenvalue weighted by atomic mass is 35.5. The molecular weight excluding hydrogens is 261 g/mol. The summed E-state index contributed by atoms with van der Waals surface area (Å²) in [5.41, 5.74) is 0.351.